The number of nitrogens with two attached hydrogens (primary N) is 1. The molecule has 0 fully saturated rings. The molecule has 2 heterocycles. The van der Waals surface area contributed by atoms with Gasteiger partial charge in [-0.3, -0.25) is 4.68 Å². The normalized spacial score (nSPS) is 10.4. The topological polar surface area (TPSA) is 56.7 Å². The molecule has 6 heteroatoms. The monoisotopic (exact) mass is 238 g/mol. The van der Waals surface area contributed by atoms with Crippen LogP contribution in [0, 0.1) is 0 Å². The van der Waals surface area contributed by atoms with Crippen molar-refractivity contribution in [2.75, 3.05) is 0 Å². The van der Waals surface area contributed by atoms with Crippen LogP contribution < -0.4 is 5.73 Å². The Morgan fingerprint density at radius 2 is 2.47 bits per heavy atom. The van der Waals surface area contributed by atoms with E-state index in [1.807, 2.05) is 0 Å². The summed E-state index contributed by atoms with van der Waals surface area (Å²) in [5, 5.41) is 8.35. The fraction of sp³-hybridized carbons (Fsp3) is 0.222. The average molecular weight is 238 g/mol. The van der Waals surface area contributed by atoms with Gasteiger partial charge in [-0.1, -0.05) is 12.2 Å². The molecule has 78 valence electrons. The molecule has 15 heavy (non-hydrogen) atoms. The summed E-state index contributed by atoms with van der Waals surface area (Å²) in [4.78, 5) is 4.24. The lowest BCUT2D eigenvalue weighted by Gasteiger charge is -1.97. The molecule has 0 aromatic carbocycles. The van der Waals surface area contributed by atoms with Crippen LogP contribution in [0.25, 0.3) is 0 Å². The third-order valence-corrected chi connectivity index (χ3v) is 2.88. The molecule has 0 aliphatic carbocycles. The highest BCUT2D eigenvalue weighted by atomic mass is 32.1. The molecule has 0 atom stereocenters. The van der Waals surface area contributed by atoms with E-state index in [1.165, 1.54) is 5.56 Å². The minimum absolute atomic E-state index is 0.240. The van der Waals surface area contributed by atoms with Crippen molar-refractivity contribution in [1.82, 2.24) is 14.8 Å². The van der Waals surface area contributed by atoms with Crippen molar-refractivity contribution < 1.29 is 0 Å². The fourth-order valence-corrected chi connectivity index (χ4v) is 1.99. The molecule has 2 N–H and O–H groups in total. The third-order valence-electron chi connectivity index (χ3n) is 1.97. The van der Waals surface area contributed by atoms with Crippen molar-refractivity contribution in [3.8, 4) is 0 Å². The van der Waals surface area contributed by atoms with E-state index in [2.05, 4.69) is 26.9 Å². The summed E-state index contributed by atoms with van der Waals surface area (Å²) < 4.78 is 1.76. The molecule has 0 aliphatic rings. The Labute approximate surface area is 96.7 Å². The number of hydrogen-bond donors (Lipinski definition) is 1. The van der Waals surface area contributed by atoms with Gasteiger partial charge in [0.2, 0.25) is 5.82 Å². The van der Waals surface area contributed by atoms with Gasteiger partial charge in [-0.2, -0.15) is 11.3 Å². The van der Waals surface area contributed by atoms with Gasteiger partial charge in [0.25, 0.3) is 0 Å². The lowest BCUT2D eigenvalue weighted by Crippen LogP contribution is -2.12. The average Bonchev–Trinajstić information content (AvgIpc) is 2.86. The highest BCUT2D eigenvalue weighted by molar-refractivity contribution is 7.80. The van der Waals surface area contributed by atoms with E-state index in [-0.39, 0.29) is 4.99 Å². The Morgan fingerprint density at radius 1 is 1.60 bits per heavy atom. The van der Waals surface area contributed by atoms with Crippen LogP contribution in [0.1, 0.15) is 11.4 Å². The Morgan fingerprint density at radius 3 is 3.07 bits per heavy atom. The predicted octanol–water partition coefficient (Wildman–Crippen LogP) is 1.22. The molecular weight excluding hydrogens is 228 g/mol. The summed E-state index contributed by atoms with van der Waals surface area (Å²) in [5.41, 5.74) is 6.72. The first kappa shape index (κ1) is 10.3. The Hall–Kier alpha value is -1.27. The highest BCUT2D eigenvalue weighted by Crippen LogP contribution is 2.07. The van der Waals surface area contributed by atoms with Gasteiger partial charge in [-0.15, -0.1) is 5.10 Å². The number of aromatic nitrogens is 3. The number of hydrogen-bond acceptors (Lipinski definition) is 4. The number of aryl methyl sites for hydroxylation is 2. The zero-order valence-electron chi connectivity index (χ0n) is 7.96. The minimum atomic E-state index is 0.240. The Balaban J connectivity index is 1.96. The van der Waals surface area contributed by atoms with Crippen LogP contribution in [0.15, 0.2) is 23.2 Å². The largest absolute Gasteiger partial charge is 0.387 e. The van der Waals surface area contributed by atoms with Gasteiger partial charge in [-0.05, 0) is 28.8 Å². The van der Waals surface area contributed by atoms with Crippen LogP contribution in [-0.2, 0) is 13.0 Å². The summed E-state index contributed by atoms with van der Waals surface area (Å²) in [5.74, 6) is 0.440. The molecule has 2 aromatic rings. The third kappa shape index (κ3) is 2.60. The van der Waals surface area contributed by atoms with Gasteiger partial charge in [-0.25, -0.2) is 4.98 Å². The van der Waals surface area contributed by atoms with E-state index < -0.39 is 0 Å². The minimum Gasteiger partial charge on any atom is -0.387 e. The standard InChI is InChI=1S/C9H10N4S2/c10-8(14)9-11-6-13(12-9)3-1-7-2-4-15-5-7/h2,4-6H,1,3H2,(H2,10,14). The lowest BCUT2D eigenvalue weighted by molar-refractivity contribution is 0.613. The van der Waals surface area contributed by atoms with Crippen molar-refractivity contribution in [3.63, 3.8) is 0 Å². The molecule has 0 saturated heterocycles. The molecule has 0 aliphatic heterocycles. The first-order valence-electron chi connectivity index (χ1n) is 4.46. The molecule has 0 saturated carbocycles. The maximum absolute atomic E-state index is 5.41. The molecule has 4 nitrogen and oxygen atoms in total. The van der Waals surface area contributed by atoms with Gasteiger partial charge in [0.1, 0.15) is 11.3 Å². The van der Waals surface area contributed by atoms with Crippen LogP contribution in [0.4, 0.5) is 0 Å². The lowest BCUT2D eigenvalue weighted by atomic mass is 10.2. The van der Waals surface area contributed by atoms with Crippen LogP contribution in [0.5, 0.6) is 0 Å². The predicted molar refractivity (Wildman–Crippen MR) is 63.9 cm³/mol. The zero-order valence-corrected chi connectivity index (χ0v) is 9.59. The van der Waals surface area contributed by atoms with Gasteiger partial charge in [0.15, 0.2) is 0 Å². The Kier molecular flexibility index (Phi) is 3.08. The second-order valence-corrected chi connectivity index (χ2v) is 4.30. The van der Waals surface area contributed by atoms with Gasteiger partial charge >= 0.3 is 0 Å². The molecule has 2 aromatic heterocycles. The van der Waals surface area contributed by atoms with Gasteiger partial charge < -0.3 is 5.73 Å². The first-order chi connectivity index (χ1) is 7.25. The smallest absolute Gasteiger partial charge is 0.208 e. The van der Waals surface area contributed by atoms with Crippen molar-refractivity contribution in [3.05, 3.63) is 34.5 Å². The summed E-state index contributed by atoms with van der Waals surface area (Å²) in [6.45, 7) is 0.798. The van der Waals surface area contributed by atoms with E-state index in [4.69, 9.17) is 18.0 Å². The van der Waals surface area contributed by atoms with E-state index in [0.29, 0.717) is 5.82 Å². The van der Waals surface area contributed by atoms with Gasteiger partial charge in [0, 0.05) is 6.54 Å². The van der Waals surface area contributed by atoms with E-state index in [9.17, 15) is 0 Å². The van der Waals surface area contributed by atoms with Crippen molar-refractivity contribution in [1.29, 1.82) is 0 Å². The van der Waals surface area contributed by atoms with Crippen molar-refractivity contribution in [2.24, 2.45) is 5.73 Å². The van der Waals surface area contributed by atoms with E-state index in [1.54, 1.807) is 22.3 Å². The van der Waals surface area contributed by atoms with Gasteiger partial charge in [0.05, 0.1) is 0 Å². The van der Waals surface area contributed by atoms with E-state index in [0.717, 1.165) is 13.0 Å². The number of nitrogens with zero attached hydrogens (tertiary/aromatic N) is 3. The molecule has 0 radical (unpaired) electrons. The Bertz CT molecular complexity index is 446. The fourth-order valence-electron chi connectivity index (χ4n) is 1.19. The van der Waals surface area contributed by atoms with Crippen molar-refractivity contribution >= 4 is 28.5 Å². The van der Waals surface area contributed by atoms with Crippen LogP contribution in [-0.4, -0.2) is 19.8 Å². The molecule has 2 rings (SSSR count). The molecule has 0 bridgehead atoms. The summed E-state index contributed by atoms with van der Waals surface area (Å²) in [6, 6.07) is 2.11. The molecule has 0 amide bonds. The SMILES string of the molecule is NC(=S)c1ncn(CCc2ccsc2)n1. The van der Waals surface area contributed by atoms with Crippen LogP contribution in [0.3, 0.4) is 0 Å². The number of thiophene rings is 1. The maximum Gasteiger partial charge on any atom is 0.208 e. The number of rotatable bonds is 4. The summed E-state index contributed by atoms with van der Waals surface area (Å²) in [6.07, 6.45) is 2.60. The summed E-state index contributed by atoms with van der Waals surface area (Å²) >= 11 is 6.48. The first-order valence-corrected chi connectivity index (χ1v) is 5.81. The van der Waals surface area contributed by atoms with Crippen LogP contribution >= 0.6 is 23.6 Å². The molecule has 0 unspecified atom stereocenters. The second kappa shape index (κ2) is 4.50. The quantitative estimate of drug-likeness (QED) is 0.814. The number of thiocarbonyl (C=S) groups is 1. The maximum atomic E-state index is 5.41. The summed E-state index contributed by atoms with van der Waals surface area (Å²) in [7, 11) is 0. The molecule has 0 spiro atoms. The van der Waals surface area contributed by atoms with Crippen LogP contribution in [0.2, 0.25) is 0 Å². The van der Waals surface area contributed by atoms with Crippen molar-refractivity contribution in [2.45, 2.75) is 13.0 Å². The second-order valence-electron chi connectivity index (χ2n) is 3.08. The highest BCUT2D eigenvalue weighted by Gasteiger charge is 2.03. The molecular formula is C9H10N4S2. The zero-order chi connectivity index (χ0) is 10.7. The van der Waals surface area contributed by atoms with E-state index >= 15 is 0 Å².